The predicted molar refractivity (Wildman–Crippen MR) is 179 cm³/mol. The Kier molecular flexibility index (Phi) is 12.1. The van der Waals surface area contributed by atoms with Crippen LogP contribution in [0.5, 0.6) is 0 Å². The van der Waals surface area contributed by atoms with Crippen LogP contribution in [0.15, 0.2) is 74.8 Å². The molecule has 0 unspecified atom stereocenters. The topological polar surface area (TPSA) is 180 Å². The van der Waals surface area contributed by atoms with Crippen LogP contribution in [0.25, 0.3) is 10.2 Å². The van der Waals surface area contributed by atoms with E-state index in [-0.39, 0.29) is 41.8 Å². The minimum atomic E-state index is -3.77. The largest absolute Gasteiger partial charge is 0.462 e. The first kappa shape index (κ1) is 34.8. The molecule has 15 heteroatoms. The summed E-state index contributed by atoms with van der Waals surface area (Å²) in [7, 11) is -3.77. The lowest BCUT2D eigenvalue weighted by atomic mass is 10.1. The Balaban J connectivity index is 1.36. The van der Waals surface area contributed by atoms with E-state index in [1.165, 1.54) is 39.8 Å². The molecule has 244 valence electrons. The van der Waals surface area contributed by atoms with Gasteiger partial charge in [0, 0.05) is 25.2 Å². The molecule has 4 N–H and O–H groups in total. The predicted octanol–water partition coefficient (Wildman–Crippen LogP) is 3.93. The molecule has 0 fully saturated rings. The number of ether oxygens (including phenoxy) is 1. The summed E-state index contributed by atoms with van der Waals surface area (Å²) in [5.41, 5.74) is 2.06. The van der Waals surface area contributed by atoms with E-state index < -0.39 is 21.2 Å². The Morgan fingerprint density at radius 2 is 1.78 bits per heavy atom. The van der Waals surface area contributed by atoms with Crippen molar-refractivity contribution in [1.29, 1.82) is 0 Å². The van der Waals surface area contributed by atoms with Gasteiger partial charge >= 0.3 is 5.97 Å². The number of aromatic nitrogens is 2. The first-order valence-corrected chi connectivity index (χ1v) is 17.9. The molecule has 0 aliphatic heterocycles. The second-order valence-corrected chi connectivity index (χ2v) is 13.8. The lowest BCUT2D eigenvalue weighted by Crippen LogP contribution is -2.29. The molecular formula is C31H35N5O7S3. The number of benzene rings is 2. The average molecular weight is 686 g/mol. The number of esters is 1. The van der Waals surface area contributed by atoms with Gasteiger partial charge in [-0.1, -0.05) is 30.8 Å². The number of hydrogen-bond donors (Lipinski definition) is 3. The van der Waals surface area contributed by atoms with Crippen molar-refractivity contribution < 1.29 is 27.5 Å². The minimum Gasteiger partial charge on any atom is -0.462 e. The summed E-state index contributed by atoms with van der Waals surface area (Å²) in [6.07, 6.45) is 1.51. The molecule has 0 aliphatic carbocycles. The van der Waals surface area contributed by atoms with Gasteiger partial charge in [0.15, 0.2) is 5.16 Å². The van der Waals surface area contributed by atoms with Crippen molar-refractivity contribution in [3.8, 4) is 0 Å². The van der Waals surface area contributed by atoms with Crippen LogP contribution in [0.3, 0.4) is 0 Å². The lowest BCUT2D eigenvalue weighted by Gasteiger charge is -2.17. The second-order valence-electron chi connectivity index (χ2n) is 10.2. The van der Waals surface area contributed by atoms with Crippen LogP contribution >= 0.6 is 23.1 Å². The van der Waals surface area contributed by atoms with Crippen molar-refractivity contribution in [2.45, 2.75) is 61.4 Å². The van der Waals surface area contributed by atoms with E-state index in [9.17, 15) is 27.6 Å². The highest BCUT2D eigenvalue weighted by Gasteiger charge is 2.23. The van der Waals surface area contributed by atoms with Gasteiger partial charge in [0.25, 0.3) is 5.56 Å². The van der Waals surface area contributed by atoms with Crippen LogP contribution in [0.4, 0.5) is 5.69 Å². The highest BCUT2D eigenvalue weighted by molar-refractivity contribution is 8.00. The maximum absolute atomic E-state index is 13.4. The summed E-state index contributed by atoms with van der Waals surface area (Å²) < 4.78 is 29.9. The van der Waals surface area contributed by atoms with Gasteiger partial charge in [-0.2, -0.15) is 0 Å². The monoisotopic (exact) mass is 685 g/mol. The maximum atomic E-state index is 13.4. The molecule has 0 saturated heterocycles. The molecule has 2 aromatic carbocycles. The third kappa shape index (κ3) is 9.25. The second kappa shape index (κ2) is 16.0. The molecule has 1 atom stereocenters. The molecule has 0 saturated carbocycles. The first-order valence-electron chi connectivity index (χ1n) is 14.6. The number of rotatable bonds is 15. The van der Waals surface area contributed by atoms with Gasteiger partial charge in [-0.3, -0.25) is 19.0 Å². The molecule has 0 aliphatic rings. The molecule has 46 heavy (non-hydrogen) atoms. The van der Waals surface area contributed by atoms with Crippen molar-refractivity contribution in [2.24, 2.45) is 5.14 Å². The van der Waals surface area contributed by atoms with Gasteiger partial charge < -0.3 is 15.4 Å². The highest BCUT2D eigenvalue weighted by atomic mass is 32.2. The zero-order valence-electron chi connectivity index (χ0n) is 25.4. The van der Waals surface area contributed by atoms with E-state index in [1.807, 2.05) is 6.92 Å². The third-order valence-corrected chi connectivity index (χ3v) is 10.1. The van der Waals surface area contributed by atoms with Gasteiger partial charge in [0.1, 0.15) is 4.70 Å². The molecule has 4 aromatic rings. The molecule has 0 spiro atoms. The number of hydrogen-bond acceptors (Lipinski definition) is 10. The Morgan fingerprint density at radius 3 is 2.43 bits per heavy atom. The number of fused-ring (bicyclic) bond motifs is 1. The highest BCUT2D eigenvalue weighted by Crippen LogP contribution is 2.27. The van der Waals surface area contributed by atoms with Crippen molar-refractivity contribution in [3.63, 3.8) is 0 Å². The number of thiophene rings is 1. The molecule has 4 rings (SSSR count). The summed E-state index contributed by atoms with van der Waals surface area (Å²) in [5, 5.41) is 12.4. The van der Waals surface area contributed by atoms with Crippen LogP contribution in [-0.2, 0) is 37.3 Å². The number of nitrogens with two attached hydrogens (primary N) is 1. The number of anilines is 1. The molecular weight excluding hydrogens is 651 g/mol. The van der Waals surface area contributed by atoms with Gasteiger partial charge in [0.2, 0.25) is 21.8 Å². The van der Waals surface area contributed by atoms with E-state index in [1.54, 1.807) is 54.8 Å². The Bertz CT molecular complexity index is 1850. The molecule has 0 radical (unpaired) electrons. The van der Waals surface area contributed by atoms with Crippen LogP contribution in [0, 0.1) is 0 Å². The smallest absolute Gasteiger partial charge is 0.338 e. The zero-order chi connectivity index (χ0) is 33.3. The molecule has 12 nitrogen and oxygen atoms in total. The summed E-state index contributed by atoms with van der Waals surface area (Å²) in [4.78, 5) is 55.8. The van der Waals surface area contributed by atoms with Gasteiger partial charge in [-0.05, 0) is 79.6 Å². The Hall–Kier alpha value is -4.05. The molecule has 2 heterocycles. The summed E-state index contributed by atoms with van der Waals surface area (Å²) in [6, 6.07) is 14.3. The van der Waals surface area contributed by atoms with Gasteiger partial charge in [-0.15, -0.1) is 11.3 Å². The van der Waals surface area contributed by atoms with Gasteiger partial charge in [-0.25, -0.2) is 23.3 Å². The minimum absolute atomic E-state index is 0.0243. The lowest BCUT2D eigenvalue weighted by molar-refractivity contribution is -0.121. The summed E-state index contributed by atoms with van der Waals surface area (Å²) in [6.45, 7) is 4.45. The van der Waals surface area contributed by atoms with Crippen molar-refractivity contribution in [1.82, 2.24) is 14.9 Å². The fourth-order valence-electron chi connectivity index (χ4n) is 4.47. The number of sulfonamides is 1. The number of carbonyl (C=O) groups excluding carboxylic acids is 3. The van der Waals surface area contributed by atoms with Crippen molar-refractivity contribution >= 4 is 66.8 Å². The van der Waals surface area contributed by atoms with Crippen LogP contribution in [0.2, 0.25) is 0 Å². The molecule has 0 bridgehead atoms. The number of thioether (sulfide) groups is 1. The maximum Gasteiger partial charge on any atom is 0.338 e. The number of nitrogens with one attached hydrogen (secondary N) is 2. The third-order valence-electron chi connectivity index (χ3n) is 6.88. The number of amides is 2. The van der Waals surface area contributed by atoms with E-state index >= 15 is 0 Å². The van der Waals surface area contributed by atoms with E-state index in [2.05, 4.69) is 15.6 Å². The zero-order valence-corrected chi connectivity index (χ0v) is 27.8. The normalized spacial score (nSPS) is 12.1. The van der Waals surface area contributed by atoms with Crippen molar-refractivity contribution in [2.75, 3.05) is 18.5 Å². The number of carbonyl (C=O) groups is 3. The summed E-state index contributed by atoms with van der Waals surface area (Å²) in [5.74, 6) is -0.905. The summed E-state index contributed by atoms with van der Waals surface area (Å²) >= 11 is 2.48. The average Bonchev–Trinajstić information content (AvgIpc) is 3.50. The fourth-order valence-corrected chi connectivity index (χ4v) is 6.80. The fraction of sp³-hybridized carbons (Fsp3) is 0.323. The quantitative estimate of drug-likeness (QED) is 0.0950. The molecule has 2 amide bonds. The van der Waals surface area contributed by atoms with Crippen LogP contribution in [0.1, 0.15) is 49.0 Å². The van der Waals surface area contributed by atoms with Gasteiger partial charge in [0.05, 0.1) is 27.8 Å². The number of primary sulfonamides is 1. The number of nitrogens with zero attached hydrogens (tertiary/aromatic N) is 2. The van der Waals surface area contributed by atoms with Crippen LogP contribution in [-0.4, -0.2) is 54.2 Å². The standard InChI is InChI=1S/C31H35N5O7S3/c1-3-25(28(38)34-22-11-9-21(10-12-22)30(40)43-4-2)45-31-35-24-16-19-44-27(24)29(39)36(31)18-5-6-26(37)33-17-15-20-7-13-23(14-8-20)46(32,41)42/h7-14,16,19,25H,3-6,15,17-18H2,1-2H3,(H,33,37)(H,34,38)(H2,32,41,42)/t25-/m0/s1. The Morgan fingerprint density at radius 1 is 1.07 bits per heavy atom. The first-order chi connectivity index (χ1) is 22.0. The van der Waals surface area contributed by atoms with E-state index in [0.29, 0.717) is 52.4 Å². The van der Waals surface area contributed by atoms with E-state index in [4.69, 9.17) is 9.88 Å². The van der Waals surface area contributed by atoms with Crippen molar-refractivity contribution in [3.05, 3.63) is 81.5 Å². The SMILES string of the molecule is CCOC(=O)c1ccc(NC(=O)[C@H](CC)Sc2nc3ccsc3c(=O)n2CCCC(=O)NCCc2ccc(S(N)(=O)=O)cc2)cc1. The molecule has 2 aromatic heterocycles. The van der Waals surface area contributed by atoms with E-state index in [0.717, 1.165) is 5.56 Å². The Labute approximate surface area is 274 Å². The van der Waals surface area contributed by atoms with Crippen LogP contribution < -0.4 is 21.3 Å².